The van der Waals surface area contributed by atoms with E-state index in [-0.39, 0.29) is 12.6 Å². The predicted molar refractivity (Wildman–Crippen MR) is 38.3 cm³/mol. The molecule has 0 aliphatic carbocycles. The van der Waals surface area contributed by atoms with Gasteiger partial charge in [-0.3, -0.25) is 0 Å². The Balaban J connectivity index is 2.44. The van der Waals surface area contributed by atoms with Crippen LogP contribution in [0.4, 0.5) is 0 Å². The molecule has 0 amide bonds. The Morgan fingerprint density at radius 1 is 1.80 bits per heavy atom. The first-order valence-corrected chi connectivity index (χ1v) is 3.51. The highest BCUT2D eigenvalue weighted by atomic mass is 16.5. The van der Waals surface area contributed by atoms with E-state index in [4.69, 9.17) is 15.6 Å². The van der Waals surface area contributed by atoms with Crippen molar-refractivity contribution in [3.63, 3.8) is 0 Å². The Kier molecular flexibility index (Phi) is 2.71. The zero-order valence-corrected chi connectivity index (χ0v) is 5.92. The SMILES string of the molecule is N[C@H](CO)C1=COCCC1. The summed E-state index contributed by atoms with van der Waals surface area (Å²) in [6, 6.07) is -0.222. The van der Waals surface area contributed by atoms with Crippen LogP contribution >= 0.6 is 0 Å². The van der Waals surface area contributed by atoms with Crippen molar-refractivity contribution >= 4 is 0 Å². The van der Waals surface area contributed by atoms with Gasteiger partial charge in [-0.15, -0.1) is 0 Å². The second-order valence-electron chi connectivity index (χ2n) is 2.46. The Morgan fingerprint density at radius 2 is 2.60 bits per heavy atom. The fourth-order valence-corrected chi connectivity index (χ4v) is 0.975. The van der Waals surface area contributed by atoms with Crippen molar-refractivity contribution in [3.05, 3.63) is 11.8 Å². The lowest BCUT2D eigenvalue weighted by molar-refractivity contribution is 0.211. The van der Waals surface area contributed by atoms with Crippen molar-refractivity contribution in [1.29, 1.82) is 0 Å². The van der Waals surface area contributed by atoms with Crippen molar-refractivity contribution < 1.29 is 9.84 Å². The van der Waals surface area contributed by atoms with Crippen LogP contribution in [-0.4, -0.2) is 24.4 Å². The van der Waals surface area contributed by atoms with Gasteiger partial charge in [-0.1, -0.05) is 0 Å². The number of hydrogen-bond donors (Lipinski definition) is 2. The fraction of sp³-hybridized carbons (Fsp3) is 0.714. The van der Waals surface area contributed by atoms with Gasteiger partial charge >= 0.3 is 0 Å². The summed E-state index contributed by atoms with van der Waals surface area (Å²) in [5.41, 5.74) is 6.57. The lowest BCUT2D eigenvalue weighted by Gasteiger charge is -2.17. The molecular formula is C7H13NO2. The van der Waals surface area contributed by atoms with Gasteiger partial charge < -0.3 is 15.6 Å². The summed E-state index contributed by atoms with van der Waals surface area (Å²) in [6.45, 7) is 0.789. The van der Waals surface area contributed by atoms with E-state index < -0.39 is 0 Å². The number of ether oxygens (including phenoxy) is 1. The van der Waals surface area contributed by atoms with Crippen LogP contribution in [0.15, 0.2) is 11.8 Å². The smallest absolute Gasteiger partial charge is 0.0876 e. The molecule has 1 aliphatic rings. The minimum atomic E-state index is -0.222. The van der Waals surface area contributed by atoms with Crippen molar-refractivity contribution in [2.75, 3.05) is 13.2 Å². The molecule has 0 bridgehead atoms. The summed E-state index contributed by atoms with van der Waals surface area (Å²) in [4.78, 5) is 0. The van der Waals surface area contributed by atoms with Crippen LogP contribution < -0.4 is 5.73 Å². The van der Waals surface area contributed by atoms with Crippen LogP contribution in [0, 0.1) is 0 Å². The van der Waals surface area contributed by atoms with E-state index in [1.54, 1.807) is 6.26 Å². The van der Waals surface area contributed by atoms with Gasteiger partial charge in [0.25, 0.3) is 0 Å². The molecule has 0 aromatic heterocycles. The highest BCUT2D eigenvalue weighted by Gasteiger charge is 2.10. The van der Waals surface area contributed by atoms with E-state index in [9.17, 15) is 0 Å². The molecule has 1 heterocycles. The minimum absolute atomic E-state index is 0.00912. The molecule has 3 heteroatoms. The van der Waals surface area contributed by atoms with Crippen molar-refractivity contribution in [1.82, 2.24) is 0 Å². The third kappa shape index (κ3) is 1.72. The summed E-state index contributed by atoms with van der Waals surface area (Å²) < 4.78 is 5.05. The van der Waals surface area contributed by atoms with Gasteiger partial charge in [-0.2, -0.15) is 0 Å². The predicted octanol–water partition coefficient (Wildman–Crippen LogP) is 0.000300. The normalized spacial score (nSPS) is 21.2. The Morgan fingerprint density at radius 3 is 3.10 bits per heavy atom. The molecule has 1 aliphatic heterocycles. The molecule has 0 saturated carbocycles. The lowest BCUT2D eigenvalue weighted by atomic mass is 10.0. The van der Waals surface area contributed by atoms with Gasteiger partial charge in [0.2, 0.25) is 0 Å². The van der Waals surface area contributed by atoms with E-state index in [0.29, 0.717) is 0 Å². The van der Waals surface area contributed by atoms with E-state index in [1.165, 1.54) is 0 Å². The van der Waals surface area contributed by atoms with Crippen LogP contribution in [0.1, 0.15) is 12.8 Å². The quantitative estimate of drug-likeness (QED) is 0.572. The zero-order valence-electron chi connectivity index (χ0n) is 5.92. The molecule has 0 aromatic carbocycles. The first-order chi connectivity index (χ1) is 4.84. The fourth-order valence-electron chi connectivity index (χ4n) is 0.975. The van der Waals surface area contributed by atoms with Gasteiger partial charge in [0.1, 0.15) is 0 Å². The first-order valence-electron chi connectivity index (χ1n) is 3.51. The summed E-state index contributed by atoms with van der Waals surface area (Å²) in [5, 5.41) is 8.67. The summed E-state index contributed by atoms with van der Waals surface area (Å²) >= 11 is 0. The Hall–Kier alpha value is -0.540. The molecule has 0 spiro atoms. The third-order valence-corrected chi connectivity index (χ3v) is 1.64. The molecule has 3 N–H and O–H groups in total. The maximum absolute atomic E-state index is 8.67. The molecule has 10 heavy (non-hydrogen) atoms. The van der Waals surface area contributed by atoms with Gasteiger partial charge in [0, 0.05) is 0 Å². The maximum atomic E-state index is 8.67. The van der Waals surface area contributed by atoms with E-state index in [1.807, 2.05) is 0 Å². The number of nitrogens with two attached hydrogens (primary N) is 1. The molecule has 1 rings (SSSR count). The van der Waals surface area contributed by atoms with Gasteiger partial charge in [-0.05, 0) is 18.4 Å². The molecule has 0 unspecified atom stereocenters. The largest absolute Gasteiger partial charge is 0.501 e. The molecule has 1 atom stereocenters. The number of rotatable bonds is 2. The Bertz CT molecular complexity index is 134. The highest BCUT2D eigenvalue weighted by molar-refractivity contribution is 5.08. The molecule has 0 fully saturated rings. The van der Waals surface area contributed by atoms with E-state index >= 15 is 0 Å². The van der Waals surface area contributed by atoms with Crippen molar-refractivity contribution in [2.24, 2.45) is 5.73 Å². The van der Waals surface area contributed by atoms with Crippen molar-refractivity contribution in [2.45, 2.75) is 18.9 Å². The number of hydrogen-bond acceptors (Lipinski definition) is 3. The van der Waals surface area contributed by atoms with Crippen LogP contribution in [-0.2, 0) is 4.74 Å². The summed E-state index contributed by atoms with van der Waals surface area (Å²) in [7, 11) is 0. The third-order valence-electron chi connectivity index (χ3n) is 1.64. The van der Waals surface area contributed by atoms with E-state index in [0.717, 1.165) is 25.0 Å². The zero-order chi connectivity index (χ0) is 7.40. The van der Waals surface area contributed by atoms with Gasteiger partial charge in [-0.25, -0.2) is 0 Å². The van der Waals surface area contributed by atoms with Crippen LogP contribution in [0.2, 0.25) is 0 Å². The maximum Gasteiger partial charge on any atom is 0.0876 e. The second kappa shape index (κ2) is 3.58. The molecule has 0 radical (unpaired) electrons. The second-order valence-corrected chi connectivity index (χ2v) is 2.46. The molecule has 58 valence electrons. The Labute approximate surface area is 60.5 Å². The monoisotopic (exact) mass is 143 g/mol. The van der Waals surface area contributed by atoms with Gasteiger partial charge in [0.15, 0.2) is 0 Å². The first kappa shape index (κ1) is 7.57. The number of aliphatic hydroxyl groups is 1. The molecular weight excluding hydrogens is 130 g/mol. The van der Waals surface area contributed by atoms with Crippen LogP contribution in [0.3, 0.4) is 0 Å². The summed E-state index contributed by atoms with van der Waals surface area (Å²) in [6.07, 6.45) is 3.64. The molecule has 3 nitrogen and oxygen atoms in total. The minimum Gasteiger partial charge on any atom is -0.501 e. The summed E-state index contributed by atoms with van der Waals surface area (Å²) in [5.74, 6) is 0. The number of aliphatic hydroxyl groups excluding tert-OH is 1. The molecule has 0 aromatic rings. The average molecular weight is 143 g/mol. The lowest BCUT2D eigenvalue weighted by Crippen LogP contribution is -2.28. The van der Waals surface area contributed by atoms with Crippen LogP contribution in [0.25, 0.3) is 0 Å². The topological polar surface area (TPSA) is 55.5 Å². The van der Waals surface area contributed by atoms with Crippen molar-refractivity contribution in [3.8, 4) is 0 Å². The molecule has 0 saturated heterocycles. The standard InChI is InChI=1S/C7H13NO2/c8-7(4-9)6-2-1-3-10-5-6/h5,7,9H,1-4,8H2/t7-/m1/s1. The van der Waals surface area contributed by atoms with E-state index in [2.05, 4.69) is 0 Å². The average Bonchev–Trinajstić information content (AvgIpc) is 2.05. The van der Waals surface area contributed by atoms with Gasteiger partial charge in [0.05, 0.1) is 25.5 Å². The highest BCUT2D eigenvalue weighted by Crippen LogP contribution is 2.13. The van der Waals surface area contributed by atoms with Crippen LogP contribution in [0.5, 0.6) is 0 Å².